The Morgan fingerprint density at radius 3 is 2.39 bits per heavy atom. The molecule has 0 aromatic rings. The van der Waals surface area contributed by atoms with Gasteiger partial charge in [0.1, 0.15) is 0 Å². The van der Waals surface area contributed by atoms with Crippen molar-refractivity contribution in [1.82, 2.24) is 5.32 Å². The molecule has 18 heavy (non-hydrogen) atoms. The van der Waals surface area contributed by atoms with Crippen LogP contribution in [-0.2, 0) is 4.79 Å². The van der Waals surface area contributed by atoms with Crippen LogP contribution in [0.1, 0.15) is 33.6 Å². The molecule has 0 saturated heterocycles. The molecule has 0 heterocycles. The smallest absolute Gasteiger partial charge is 0.243 e. The van der Waals surface area contributed by atoms with Gasteiger partial charge in [-0.3, -0.25) is 4.79 Å². The van der Waals surface area contributed by atoms with E-state index in [2.05, 4.69) is 25.2 Å². The summed E-state index contributed by atoms with van der Waals surface area (Å²) in [6.07, 6.45) is 17.5. The molecular weight excluding hydrogens is 222 g/mol. The summed E-state index contributed by atoms with van der Waals surface area (Å²) in [5, 5.41) is 2.84. The van der Waals surface area contributed by atoms with Crippen LogP contribution in [0.25, 0.3) is 0 Å². The van der Waals surface area contributed by atoms with Crippen molar-refractivity contribution in [3.05, 3.63) is 48.6 Å². The van der Waals surface area contributed by atoms with E-state index in [9.17, 15) is 4.79 Å². The molecule has 0 aliphatic carbocycles. The van der Waals surface area contributed by atoms with E-state index < -0.39 is 0 Å². The van der Waals surface area contributed by atoms with Gasteiger partial charge in [-0.15, -0.1) is 0 Å². The molecule has 0 bridgehead atoms. The zero-order valence-corrected chi connectivity index (χ0v) is 11.7. The highest BCUT2D eigenvalue weighted by molar-refractivity contribution is 5.87. The van der Waals surface area contributed by atoms with Crippen molar-refractivity contribution in [1.29, 1.82) is 0 Å². The lowest BCUT2D eigenvalue weighted by molar-refractivity contribution is -0.116. The first-order chi connectivity index (χ1) is 8.66. The SMILES string of the molecule is C\C=C/C=C/C=C\CC/C=C/C(=O)NCC(C)C. The number of rotatable bonds is 8. The molecule has 0 radical (unpaired) electrons. The minimum Gasteiger partial charge on any atom is -0.352 e. The average molecular weight is 247 g/mol. The van der Waals surface area contributed by atoms with Crippen LogP contribution in [0.4, 0.5) is 0 Å². The number of hydrogen-bond acceptors (Lipinski definition) is 1. The Kier molecular flexibility index (Phi) is 10.9. The third kappa shape index (κ3) is 12.5. The maximum absolute atomic E-state index is 11.3. The minimum atomic E-state index is 0.000610. The van der Waals surface area contributed by atoms with Gasteiger partial charge < -0.3 is 5.32 Å². The monoisotopic (exact) mass is 247 g/mol. The Morgan fingerprint density at radius 1 is 1.06 bits per heavy atom. The van der Waals surface area contributed by atoms with Gasteiger partial charge in [0.05, 0.1) is 0 Å². The van der Waals surface area contributed by atoms with Crippen LogP contribution in [0.2, 0.25) is 0 Å². The standard InChI is InChI=1S/C16H25NO/c1-4-5-6-7-8-9-10-11-12-13-16(18)17-14-15(2)3/h4-9,12-13,15H,10-11,14H2,1-3H3,(H,17,18)/b5-4-,7-6+,9-8-,13-12+. The zero-order chi connectivity index (χ0) is 13.6. The fourth-order valence-corrected chi connectivity index (χ4v) is 1.16. The summed E-state index contributed by atoms with van der Waals surface area (Å²) >= 11 is 0. The highest BCUT2D eigenvalue weighted by Gasteiger charge is 1.96. The molecule has 0 aliphatic rings. The van der Waals surface area contributed by atoms with Crippen LogP contribution < -0.4 is 5.32 Å². The lowest BCUT2D eigenvalue weighted by Crippen LogP contribution is -2.25. The van der Waals surface area contributed by atoms with E-state index in [1.807, 2.05) is 43.4 Å². The summed E-state index contributed by atoms with van der Waals surface area (Å²) < 4.78 is 0. The van der Waals surface area contributed by atoms with E-state index in [4.69, 9.17) is 0 Å². The van der Waals surface area contributed by atoms with Gasteiger partial charge >= 0.3 is 0 Å². The van der Waals surface area contributed by atoms with Gasteiger partial charge in [0.15, 0.2) is 0 Å². The number of unbranched alkanes of at least 4 members (excludes halogenated alkanes) is 1. The molecule has 0 spiro atoms. The zero-order valence-electron chi connectivity index (χ0n) is 11.7. The minimum absolute atomic E-state index is 0.000610. The third-order valence-electron chi connectivity index (χ3n) is 2.12. The predicted molar refractivity (Wildman–Crippen MR) is 79.3 cm³/mol. The van der Waals surface area contributed by atoms with Crippen molar-refractivity contribution in [2.24, 2.45) is 5.92 Å². The predicted octanol–water partition coefficient (Wildman–Crippen LogP) is 3.78. The molecule has 1 N–H and O–H groups in total. The quantitative estimate of drug-likeness (QED) is 0.395. The van der Waals surface area contributed by atoms with E-state index in [0.29, 0.717) is 5.92 Å². The lowest BCUT2D eigenvalue weighted by atomic mass is 10.2. The van der Waals surface area contributed by atoms with Crippen LogP contribution in [0, 0.1) is 5.92 Å². The Bertz CT molecular complexity index is 322. The van der Waals surface area contributed by atoms with Gasteiger partial charge in [-0.2, -0.15) is 0 Å². The van der Waals surface area contributed by atoms with Crippen LogP contribution >= 0.6 is 0 Å². The molecule has 0 saturated carbocycles. The van der Waals surface area contributed by atoms with Gasteiger partial charge in [0, 0.05) is 6.54 Å². The summed E-state index contributed by atoms with van der Waals surface area (Å²) in [6.45, 7) is 6.88. The maximum Gasteiger partial charge on any atom is 0.243 e. The number of allylic oxidation sites excluding steroid dienone is 7. The molecule has 0 aliphatic heterocycles. The van der Waals surface area contributed by atoms with Crippen molar-refractivity contribution in [3.8, 4) is 0 Å². The van der Waals surface area contributed by atoms with Gasteiger partial charge in [0.2, 0.25) is 5.91 Å². The molecule has 2 heteroatoms. The normalized spacial score (nSPS) is 12.7. The molecule has 0 rings (SSSR count). The average Bonchev–Trinajstić information content (AvgIpc) is 2.34. The molecule has 0 atom stereocenters. The van der Waals surface area contributed by atoms with E-state index in [0.717, 1.165) is 19.4 Å². The van der Waals surface area contributed by atoms with E-state index >= 15 is 0 Å². The first kappa shape index (κ1) is 16.4. The number of nitrogens with one attached hydrogen (secondary N) is 1. The Hall–Kier alpha value is -1.57. The molecule has 2 nitrogen and oxygen atoms in total. The molecular formula is C16H25NO. The molecule has 0 fully saturated rings. The van der Waals surface area contributed by atoms with Crippen LogP contribution in [0.15, 0.2) is 48.6 Å². The summed E-state index contributed by atoms with van der Waals surface area (Å²) in [5.41, 5.74) is 0. The molecule has 1 amide bonds. The third-order valence-corrected chi connectivity index (χ3v) is 2.12. The van der Waals surface area contributed by atoms with E-state index in [-0.39, 0.29) is 5.91 Å². The van der Waals surface area contributed by atoms with Gasteiger partial charge in [-0.05, 0) is 31.8 Å². The van der Waals surface area contributed by atoms with Crippen molar-refractivity contribution in [3.63, 3.8) is 0 Å². The number of carbonyl (C=O) groups is 1. The second-order valence-electron chi connectivity index (χ2n) is 4.46. The molecule has 0 aromatic heterocycles. The second kappa shape index (κ2) is 11.9. The number of carbonyl (C=O) groups excluding carboxylic acids is 1. The van der Waals surface area contributed by atoms with E-state index in [1.54, 1.807) is 6.08 Å². The summed E-state index contributed by atoms with van der Waals surface area (Å²) in [5.74, 6) is 0.495. The first-order valence-electron chi connectivity index (χ1n) is 6.55. The highest BCUT2D eigenvalue weighted by Crippen LogP contribution is 1.94. The summed E-state index contributed by atoms with van der Waals surface area (Å²) in [7, 11) is 0. The Balaban J connectivity index is 3.61. The fourth-order valence-electron chi connectivity index (χ4n) is 1.16. The molecule has 0 unspecified atom stereocenters. The Labute approximate surface area is 111 Å². The van der Waals surface area contributed by atoms with Crippen molar-refractivity contribution in [2.45, 2.75) is 33.6 Å². The second-order valence-corrected chi connectivity index (χ2v) is 4.46. The van der Waals surface area contributed by atoms with E-state index in [1.165, 1.54) is 0 Å². The van der Waals surface area contributed by atoms with Crippen LogP contribution in [0.5, 0.6) is 0 Å². The highest BCUT2D eigenvalue weighted by atomic mass is 16.1. The lowest BCUT2D eigenvalue weighted by Gasteiger charge is -2.03. The fraction of sp³-hybridized carbons (Fsp3) is 0.438. The van der Waals surface area contributed by atoms with Crippen molar-refractivity contribution >= 4 is 5.91 Å². The maximum atomic E-state index is 11.3. The van der Waals surface area contributed by atoms with Gasteiger partial charge in [-0.1, -0.05) is 56.4 Å². The Morgan fingerprint density at radius 2 is 1.72 bits per heavy atom. The van der Waals surface area contributed by atoms with Gasteiger partial charge in [-0.25, -0.2) is 0 Å². The topological polar surface area (TPSA) is 29.1 Å². The van der Waals surface area contributed by atoms with Crippen molar-refractivity contribution < 1.29 is 4.79 Å². The van der Waals surface area contributed by atoms with Crippen molar-refractivity contribution in [2.75, 3.05) is 6.54 Å². The largest absolute Gasteiger partial charge is 0.352 e. The van der Waals surface area contributed by atoms with Gasteiger partial charge in [0.25, 0.3) is 0 Å². The first-order valence-corrected chi connectivity index (χ1v) is 6.55. The summed E-state index contributed by atoms with van der Waals surface area (Å²) in [6, 6.07) is 0. The number of hydrogen-bond donors (Lipinski definition) is 1. The molecule has 100 valence electrons. The van der Waals surface area contributed by atoms with Crippen LogP contribution in [-0.4, -0.2) is 12.5 Å². The molecule has 0 aromatic carbocycles. The number of amides is 1. The summed E-state index contributed by atoms with van der Waals surface area (Å²) in [4.78, 5) is 11.3. The van der Waals surface area contributed by atoms with Crippen LogP contribution in [0.3, 0.4) is 0 Å².